The summed E-state index contributed by atoms with van der Waals surface area (Å²) in [6.45, 7) is 0. The van der Waals surface area contributed by atoms with E-state index in [1.807, 2.05) is 22.9 Å². The van der Waals surface area contributed by atoms with Crippen molar-refractivity contribution in [1.82, 2.24) is 39.9 Å². The first kappa shape index (κ1) is 42.4. The summed E-state index contributed by atoms with van der Waals surface area (Å²) in [5, 5.41) is 23.6. The molecule has 4 aromatic carbocycles. The number of hydrogen-bond acceptors (Lipinski definition) is 14. The molecule has 0 bridgehead atoms. The molecule has 0 atom stereocenters. The highest BCUT2D eigenvalue weighted by Crippen LogP contribution is 2.38. The second-order valence-corrected chi connectivity index (χ2v) is 15.4. The molecule has 6 aromatic heterocycles. The van der Waals surface area contributed by atoms with E-state index in [4.69, 9.17) is 27.9 Å². The number of phenols is 1. The quantitative estimate of drug-likeness (QED) is 0.124. The number of hydrogen-bond donors (Lipinski definition) is 3. The first-order chi connectivity index (χ1) is 30.6. The van der Waals surface area contributed by atoms with Gasteiger partial charge in [-0.15, -0.1) is 22.7 Å². The van der Waals surface area contributed by atoms with Crippen molar-refractivity contribution < 1.29 is 23.0 Å². The Hall–Kier alpha value is -7.31. The van der Waals surface area contributed by atoms with Crippen LogP contribution in [0.15, 0.2) is 145 Å². The van der Waals surface area contributed by atoms with Crippen LogP contribution in [0.2, 0.25) is 10.3 Å². The molecule has 0 aliphatic heterocycles. The Labute approximate surface area is 373 Å². The highest BCUT2D eigenvalue weighted by Gasteiger charge is 2.15. The summed E-state index contributed by atoms with van der Waals surface area (Å²) in [5.41, 5.74) is 3.81. The van der Waals surface area contributed by atoms with Gasteiger partial charge in [0, 0.05) is 94.4 Å². The molecular weight excluding hydrogens is 893 g/mol. The molecule has 3 N–H and O–H groups in total. The van der Waals surface area contributed by atoms with Crippen LogP contribution in [0.3, 0.4) is 0 Å². The number of nitrogens with zero attached hydrogens (tertiary/aromatic N) is 8. The topological polar surface area (TPSA) is 157 Å². The third-order valence-electron chi connectivity index (χ3n) is 8.48. The minimum absolute atomic E-state index is 0.104. The van der Waals surface area contributed by atoms with Gasteiger partial charge in [-0.1, -0.05) is 35.3 Å². The number of benzene rings is 4. The zero-order valence-corrected chi connectivity index (χ0v) is 35.1. The smallest absolute Gasteiger partial charge is 0.227 e. The van der Waals surface area contributed by atoms with Gasteiger partial charge in [0.2, 0.25) is 11.9 Å². The maximum Gasteiger partial charge on any atom is 0.227 e. The third-order valence-corrected chi connectivity index (χ3v) is 10.5. The molecule has 0 radical (unpaired) electrons. The monoisotopic (exact) mass is 918 g/mol. The van der Waals surface area contributed by atoms with Crippen LogP contribution in [-0.2, 0) is 0 Å². The van der Waals surface area contributed by atoms with Gasteiger partial charge in [0.15, 0.2) is 0 Å². The average Bonchev–Trinajstić information content (AvgIpc) is 4.00. The van der Waals surface area contributed by atoms with Crippen molar-refractivity contribution in [2.45, 2.75) is 0 Å². The summed E-state index contributed by atoms with van der Waals surface area (Å²) in [6.07, 6.45) is 9.67. The summed E-state index contributed by atoms with van der Waals surface area (Å²) in [7, 11) is 0. The second-order valence-electron chi connectivity index (χ2n) is 12.9. The highest BCUT2D eigenvalue weighted by molar-refractivity contribution is 7.13. The van der Waals surface area contributed by atoms with Crippen LogP contribution >= 0.6 is 45.9 Å². The highest BCUT2D eigenvalue weighted by atomic mass is 35.5. The molecule has 12 nitrogen and oxygen atoms in total. The molecule has 10 rings (SSSR count). The van der Waals surface area contributed by atoms with Crippen molar-refractivity contribution in [3.8, 4) is 38.4 Å². The Morgan fingerprint density at radius 1 is 0.540 bits per heavy atom. The standard InChI is InChI=1S/C22H13ClFN5OS.C17H11FN4OS.C5H3ClFN/c23-20-10-16(4-5-25-20)30-19-11-18-13(8-17(19)21-26-6-7-31-21)12-27-22(29-18)28-15-3-1-2-14(24)9-15;18-11-2-1-3-12(7-11)21-17-20-9-10-6-13(16-19-4-5-24-16)15(23)8-14(10)22-17;6-5-3-4(7)1-2-8-5/h1-12H,(H,27,28,29);1-9,23H,(H,20,21,22);1-3H. The summed E-state index contributed by atoms with van der Waals surface area (Å²) < 4.78 is 44.9. The largest absolute Gasteiger partial charge is 0.507 e. The van der Waals surface area contributed by atoms with Gasteiger partial charge in [-0.2, -0.15) is 0 Å². The molecule has 0 spiro atoms. The van der Waals surface area contributed by atoms with Crippen LogP contribution in [0.25, 0.3) is 42.9 Å². The van der Waals surface area contributed by atoms with E-state index >= 15 is 0 Å². The number of rotatable bonds is 8. The van der Waals surface area contributed by atoms with Crippen molar-refractivity contribution >= 4 is 91.0 Å². The number of anilines is 4. The molecule has 10 aromatic rings. The molecule has 0 amide bonds. The fraction of sp³-hybridized carbons (Fsp3) is 0. The normalized spacial score (nSPS) is 10.7. The minimum Gasteiger partial charge on any atom is -0.507 e. The molecule has 0 aliphatic carbocycles. The first-order valence-corrected chi connectivity index (χ1v) is 20.9. The number of thiazole rings is 2. The van der Waals surface area contributed by atoms with Gasteiger partial charge in [0.1, 0.15) is 55.0 Å². The van der Waals surface area contributed by atoms with Crippen LogP contribution in [0.4, 0.5) is 36.4 Å². The molecule has 0 aliphatic rings. The van der Waals surface area contributed by atoms with E-state index < -0.39 is 0 Å². The lowest BCUT2D eigenvalue weighted by atomic mass is 10.1. The maximum atomic E-state index is 13.5. The SMILES string of the molecule is Fc1cccc(Nc2ncc3cc(-c4nccs4)c(Oc4ccnc(Cl)c4)cc3n2)c1.Fc1ccnc(Cl)c1.Oc1cc2nc(Nc3cccc(F)c3)ncc2cc1-c1nccs1. The molecule has 0 fully saturated rings. The zero-order chi connectivity index (χ0) is 43.7. The van der Waals surface area contributed by atoms with Gasteiger partial charge in [0.25, 0.3) is 0 Å². The zero-order valence-electron chi connectivity index (χ0n) is 32.0. The number of phenolic OH excluding ortho intramolecular Hbond substituents is 1. The second kappa shape index (κ2) is 19.6. The van der Waals surface area contributed by atoms with Crippen molar-refractivity contribution in [3.05, 3.63) is 173 Å². The van der Waals surface area contributed by atoms with E-state index in [0.29, 0.717) is 56.5 Å². The lowest BCUT2D eigenvalue weighted by molar-refractivity contribution is 0.478. The summed E-state index contributed by atoms with van der Waals surface area (Å²) in [5.74, 6) is 0.854. The molecule has 0 unspecified atom stereocenters. The lowest BCUT2D eigenvalue weighted by Gasteiger charge is -2.12. The third kappa shape index (κ3) is 11.2. The van der Waals surface area contributed by atoms with Crippen molar-refractivity contribution in [2.24, 2.45) is 0 Å². The van der Waals surface area contributed by atoms with Crippen LogP contribution in [0, 0.1) is 17.5 Å². The van der Waals surface area contributed by atoms with Gasteiger partial charge in [-0.25, -0.2) is 53.0 Å². The van der Waals surface area contributed by atoms with Gasteiger partial charge >= 0.3 is 0 Å². The Bertz CT molecular complexity index is 3150. The molecular formula is C44H27Cl2F3N10O2S2. The van der Waals surface area contributed by atoms with Crippen molar-refractivity contribution in [1.29, 1.82) is 0 Å². The van der Waals surface area contributed by atoms with Crippen LogP contribution in [0.1, 0.15) is 0 Å². The first-order valence-electron chi connectivity index (χ1n) is 18.3. The van der Waals surface area contributed by atoms with Crippen LogP contribution in [-0.4, -0.2) is 45.0 Å². The Kier molecular flexibility index (Phi) is 13.2. The van der Waals surface area contributed by atoms with E-state index in [2.05, 4.69) is 50.5 Å². The number of nitrogens with one attached hydrogen (secondary N) is 2. The fourth-order valence-corrected chi connectivity index (χ4v) is 7.37. The lowest BCUT2D eigenvalue weighted by Crippen LogP contribution is -1.98. The van der Waals surface area contributed by atoms with E-state index in [0.717, 1.165) is 32.4 Å². The molecule has 0 saturated heterocycles. The van der Waals surface area contributed by atoms with Gasteiger partial charge in [-0.3, -0.25) is 0 Å². The summed E-state index contributed by atoms with van der Waals surface area (Å²) in [4.78, 5) is 33.7. The molecule has 6 heterocycles. The predicted molar refractivity (Wildman–Crippen MR) is 241 cm³/mol. The number of aromatic hydroxyl groups is 1. The Balaban J connectivity index is 0.000000150. The molecule has 312 valence electrons. The number of aromatic nitrogens is 8. The summed E-state index contributed by atoms with van der Waals surface area (Å²) in [6, 6.07) is 25.0. The van der Waals surface area contributed by atoms with Crippen LogP contribution < -0.4 is 15.4 Å². The van der Waals surface area contributed by atoms with Gasteiger partial charge < -0.3 is 20.5 Å². The summed E-state index contributed by atoms with van der Waals surface area (Å²) >= 11 is 14.2. The fourth-order valence-electron chi connectivity index (χ4n) is 5.73. The van der Waals surface area contributed by atoms with Crippen LogP contribution in [0.5, 0.6) is 17.2 Å². The van der Waals surface area contributed by atoms with Crippen molar-refractivity contribution in [3.63, 3.8) is 0 Å². The van der Waals surface area contributed by atoms with Gasteiger partial charge in [-0.05, 0) is 60.7 Å². The number of fused-ring (bicyclic) bond motifs is 2. The Morgan fingerprint density at radius 2 is 1.08 bits per heavy atom. The molecule has 63 heavy (non-hydrogen) atoms. The van der Waals surface area contributed by atoms with Crippen molar-refractivity contribution in [2.75, 3.05) is 10.6 Å². The van der Waals surface area contributed by atoms with Gasteiger partial charge in [0.05, 0.1) is 22.2 Å². The van der Waals surface area contributed by atoms with E-state index in [9.17, 15) is 18.3 Å². The number of ether oxygens (including phenoxy) is 1. The van der Waals surface area contributed by atoms with E-state index in [-0.39, 0.29) is 28.4 Å². The molecule has 0 saturated carbocycles. The number of halogens is 5. The minimum atomic E-state index is -0.356. The van der Waals surface area contributed by atoms with E-state index in [1.165, 1.54) is 59.2 Å². The number of pyridine rings is 2. The Morgan fingerprint density at radius 3 is 1.60 bits per heavy atom. The molecule has 19 heteroatoms. The predicted octanol–water partition coefficient (Wildman–Crippen LogP) is 12.7. The van der Waals surface area contributed by atoms with E-state index in [1.54, 1.807) is 79.5 Å². The average molecular weight is 920 g/mol. The maximum absolute atomic E-state index is 13.5.